The predicted molar refractivity (Wildman–Crippen MR) is 70.2 cm³/mol. The van der Waals surface area contributed by atoms with Gasteiger partial charge in [-0.2, -0.15) is 12.7 Å². The van der Waals surface area contributed by atoms with E-state index in [1.807, 2.05) is 0 Å². The zero-order valence-corrected chi connectivity index (χ0v) is 11.8. The number of carbonyl (C=O) groups excluding carboxylic acids is 2. The number of rotatable bonds is 5. The molecule has 1 aromatic heterocycles. The highest BCUT2D eigenvalue weighted by Gasteiger charge is 2.36. The van der Waals surface area contributed by atoms with Crippen LogP contribution in [0, 0.1) is 0 Å². The molecule has 1 aliphatic heterocycles. The summed E-state index contributed by atoms with van der Waals surface area (Å²) in [6, 6.07) is 3.09. The first-order valence-electron chi connectivity index (χ1n) is 5.83. The minimum atomic E-state index is -3.57. The molecule has 2 heterocycles. The van der Waals surface area contributed by atoms with Crippen molar-refractivity contribution in [2.24, 2.45) is 0 Å². The molecule has 9 heteroatoms. The van der Waals surface area contributed by atoms with Crippen molar-refractivity contribution in [2.45, 2.75) is 0 Å². The van der Waals surface area contributed by atoms with Crippen LogP contribution < -0.4 is 4.72 Å². The number of fused-ring (bicyclic) bond motifs is 1. The SMILES string of the molecule is CN(C)S(=O)(=O)NCCN1C(=O)c2cccnc2C1=O. The largest absolute Gasteiger partial charge is 0.280 e. The van der Waals surface area contributed by atoms with Crippen molar-refractivity contribution in [3.8, 4) is 0 Å². The second-order valence-corrected chi connectivity index (χ2v) is 6.31. The maximum atomic E-state index is 12.0. The van der Waals surface area contributed by atoms with Gasteiger partial charge in [-0.1, -0.05) is 0 Å². The zero-order chi connectivity index (χ0) is 14.9. The summed E-state index contributed by atoms with van der Waals surface area (Å²) in [5.74, 6) is -0.961. The van der Waals surface area contributed by atoms with Gasteiger partial charge >= 0.3 is 0 Å². The monoisotopic (exact) mass is 298 g/mol. The topological polar surface area (TPSA) is 99.7 Å². The molecule has 2 rings (SSSR count). The number of imide groups is 1. The summed E-state index contributed by atoms with van der Waals surface area (Å²) >= 11 is 0. The minimum absolute atomic E-state index is 0.0406. The third kappa shape index (κ3) is 2.55. The van der Waals surface area contributed by atoms with Crippen molar-refractivity contribution < 1.29 is 18.0 Å². The van der Waals surface area contributed by atoms with Gasteiger partial charge in [-0.25, -0.2) is 4.72 Å². The maximum absolute atomic E-state index is 12.0. The van der Waals surface area contributed by atoms with E-state index in [9.17, 15) is 18.0 Å². The molecule has 0 radical (unpaired) electrons. The van der Waals surface area contributed by atoms with E-state index in [0.717, 1.165) is 9.21 Å². The molecule has 0 fully saturated rings. The lowest BCUT2D eigenvalue weighted by Crippen LogP contribution is -2.42. The quantitative estimate of drug-likeness (QED) is 0.708. The number of carbonyl (C=O) groups is 2. The van der Waals surface area contributed by atoms with Crippen molar-refractivity contribution in [3.05, 3.63) is 29.6 Å². The summed E-state index contributed by atoms with van der Waals surface area (Å²) in [6.45, 7) is -0.0902. The molecule has 0 bridgehead atoms. The Balaban J connectivity index is 2.03. The number of hydrogen-bond acceptors (Lipinski definition) is 5. The Hall–Kier alpha value is -1.84. The second kappa shape index (κ2) is 5.27. The molecule has 1 aromatic rings. The summed E-state index contributed by atoms with van der Waals surface area (Å²) in [6.07, 6.45) is 1.43. The molecule has 0 aliphatic carbocycles. The first kappa shape index (κ1) is 14.6. The van der Waals surface area contributed by atoms with Gasteiger partial charge in [-0.05, 0) is 12.1 Å². The lowest BCUT2D eigenvalue weighted by molar-refractivity contribution is 0.0655. The first-order valence-corrected chi connectivity index (χ1v) is 7.27. The van der Waals surface area contributed by atoms with Gasteiger partial charge in [0.2, 0.25) is 0 Å². The third-order valence-electron chi connectivity index (χ3n) is 2.83. The summed E-state index contributed by atoms with van der Waals surface area (Å²) < 4.78 is 26.3. The van der Waals surface area contributed by atoms with E-state index in [1.54, 1.807) is 6.07 Å². The molecular formula is C11H14N4O4S. The van der Waals surface area contributed by atoms with E-state index >= 15 is 0 Å². The molecule has 1 N–H and O–H groups in total. The highest BCUT2D eigenvalue weighted by molar-refractivity contribution is 7.87. The van der Waals surface area contributed by atoms with E-state index in [0.29, 0.717) is 0 Å². The summed E-state index contributed by atoms with van der Waals surface area (Å²) in [7, 11) is -0.807. The van der Waals surface area contributed by atoms with Gasteiger partial charge in [0.05, 0.1) is 5.56 Å². The third-order valence-corrected chi connectivity index (χ3v) is 4.36. The van der Waals surface area contributed by atoms with E-state index in [1.165, 1.54) is 26.4 Å². The molecule has 108 valence electrons. The summed E-state index contributed by atoms with van der Waals surface area (Å²) in [5.41, 5.74) is 0.348. The van der Waals surface area contributed by atoms with E-state index in [2.05, 4.69) is 9.71 Å². The van der Waals surface area contributed by atoms with Crippen molar-refractivity contribution in [3.63, 3.8) is 0 Å². The van der Waals surface area contributed by atoms with Crippen molar-refractivity contribution in [1.82, 2.24) is 18.9 Å². The Bertz CT molecular complexity index is 621. The van der Waals surface area contributed by atoms with Crippen molar-refractivity contribution >= 4 is 22.0 Å². The van der Waals surface area contributed by atoms with Crippen LogP contribution in [0.15, 0.2) is 18.3 Å². The number of pyridine rings is 1. The minimum Gasteiger partial charge on any atom is -0.272 e. The van der Waals surface area contributed by atoms with Crippen LogP contribution in [0.5, 0.6) is 0 Å². The van der Waals surface area contributed by atoms with Crippen LogP contribution in [0.4, 0.5) is 0 Å². The van der Waals surface area contributed by atoms with Crippen LogP contribution in [0.2, 0.25) is 0 Å². The van der Waals surface area contributed by atoms with Gasteiger partial charge in [0.1, 0.15) is 5.69 Å². The summed E-state index contributed by atoms with van der Waals surface area (Å²) in [4.78, 5) is 28.8. The molecule has 8 nitrogen and oxygen atoms in total. The van der Waals surface area contributed by atoms with Crippen molar-refractivity contribution in [1.29, 1.82) is 0 Å². The molecular weight excluding hydrogens is 284 g/mol. The Morgan fingerprint density at radius 3 is 2.60 bits per heavy atom. The molecule has 0 aromatic carbocycles. The van der Waals surface area contributed by atoms with Gasteiger partial charge in [0, 0.05) is 33.4 Å². The molecule has 20 heavy (non-hydrogen) atoms. The van der Waals surface area contributed by atoms with Crippen molar-refractivity contribution in [2.75, 3.05) is 27.2 Å². The number of hydrogen-bond donors (Lipinski definition) is 1. The average Bonchev–Trinajstić information content (AvgIpc) is 2.64. The highest BCUT2D eigenvalue weighted by atomic mass is 32.2. The fourth-order valence-corrected chi connectivity index (χ4v) is 2.34. The van der Waals surface area contributed by atoms with Crippen LogP contribution >= 0.6 is 0 Å². The van der Waals surface area contributed by atoms with Gasteiger partial charge in [-0.3, -0.25) is 19.5 Å². The zero-order valence-electron chi connectivity index (χ0n) is 11.0. The number of amides is 2. The Kier molecular flexibility index (Phi) is 3.84. The molecule has 0 unspecified atom stereocenters. The smallest absolute Gasteiger partial charge is 0.272 e. The van der Waals surface area contributed by atoms with Crippen LogP contribution in [0.25, 0.3) is 0 Å². The second-order valence-electron chi connectivity index (χ2n) is 4.34. The Labute approximate surface area is 116 Å². The molecule has 2 amide bonds. The van der Waals surface area contributed by atoms with E-state index in [-0.39, 0.29) is 24.3 Å². The van der Waals surface area contributed by atoms with Gasteiger partial charge in [-0.15, -0.1) is 0 Å². The van der Waals surface area contributed by atoms with Gasteiger partial charge < -0.3 is 0 Å². The molecule has 1 aliphatic rings. The Morgan fingerprint density at radius 2 is 2.00 bits per heavy atom. The standard InChI is InChI=1S/C11H14N4O4S/c1-14(2)20(18,19)13-6-7-15-10(16)8-4-3-5-12-9(8)11(15)17/h3-5,13H,6-7H2,1-2H3. The fourth-order valence-electron chi connectivity index (χ4n) is 1.73. The van der Waals surface area contributed by atoms with Crippen LogP contribution in [0.3, 0.4) is 0 Å². The Morgan fingerprint density at radius 1 is 1.30 bits per heavy atom. The molecule has 0 atom stereocenters. The molecule has 0 saturated heterocycles. The lowest BCUT2D eigenvalue weighted by atomic mass is 10.2. The number of aromatic nitrogens is 1. The average molecular weight is 298 g/mol. The van der Waals surface area contributed by atoms with E-state index < -0.39 is 22.0 Å². The number of nitrogens with zero attached hydrogens (tertiary/aromatic N) is 3. The maximum Gasteiger partial charge on any atom is 0.280 e. The number of nitrogens with one attached hydrogen (secondary N) is 1. The first-order chi connectivity index (χ1) is 9.34. The lowest BCUT2D eigenvalue weighted by Gasteiger charge is -2.16. The van der Waals surface area contributed by atoms with Gasteiger partial charge in [0.15, 0.2) is 0 Å². The van der Waals surface area contributed by atoms with Crippen LogP contribution in [-0.2, 0) is 10.2 Å². The van der Waals surface area contributed by atoms with Crippen LogP contribution in [-0.4, -0.2) is 61.6 Å². The molecule has 0 spiro atoms. The summed E-state index contributed by atoms with van der Waals surface area (Å²) in [5, 5.41) is 0. The van der Waals surface area contributed by atoms with Crippen LogP contribution in [0.1, 0.15) is 20.8 Å². The molecule has 0 saturated carbocycles. The van der Waals surface area contributed by atoms with Gasteiger partial charge in [0.25, 0.3) is 22.0 Å². The normalized spacial score (nSPS) is 15.1. The van der Waals surface area contributed by atoms with E-state index in [4.69, 9.17) is 0 Å². The fraction of sp³-hybridized carbons (Fsp3) is 0.364. The predicted octanol–water partition coefficient (Wildman–Crippen LogP) is -0.926. The highest BCUT2D eigenvalue weighted by Crippen LogP contribution is 2.19.